The summed E-state index contributed by atoms with van der Waals surface area (Å²) in [6.45, 7) is 2.69. The number of hydrogen-bond donors (Lipinski definition) is 1. The van der Waals surface area contributed by atoms with Gasteiger partial charge in [0.1, 0.15) is 5.52 Å². The van der Waals surface area contributed by atoms with E-state index in [1.165, 1.54) is 0 Å². The number of nitrogens with zero attached hydrogens (tertiary/aromatic N) is 4. The highest BCUT2D eigenvalue weighted by atomic mass is 35.5. The van der Waals surface area contributed by atoms with Crippen LogP contribution in [-0.4, -0.2) is 19.3 Å². The maximum absolute atomic E-state index is 6.05. The third-order valence-corrected chi connectivity index (χ3v) is 3.62. The Morgan fingerprint density at radius 1 is 1.35 bits per heavy atom. The second-order valence-corrected chi connectivity index (χ2v) is 5.22. The molecule has 3 rings (SSSR count). The van der Waals surface area contributed by atoms with Gasteiger partial charge in [0.05, 0.1) is 12.2 Å². The van der Waals surface area contributed by atoms with E-state index in [1.807, 2.05) is 40.6 Å². The molecule has 0 saturated heterocycles. The zero-order valence-electron chi connectivity index (χ0n) is 11.5. The number of imidazole rings is 1. The molecule has 0 fully saturated rings. The molecule has 0 unspecified atom stereocenters. The Morgan fingerprint density at radius 3 is 2.85 bits per heavy atom. The minimum Gasteiger partial charge on any atom is -0.369 e. The van der Waals surface area contributed by atoms with Gasteiger partial charge in [0.25, 0.3) is 0 Å². The van der Waals surface area contributed by atoms with E-state index in [1.54, 1.807) is 0 Å². The van der Waals surface area contributed by atoms with Crippen molar-refractivity contribution in [1.29, 1.82) is 0 Å². The van der Waals surface area contributed by atoms with Crippen molar-refractivity contribution in [2.45, 2.75) is 19.9 Å². The fraction of sp³-hybridized carbons (Fsp3) is 0.286. The lowest BCUT2D eigenvalue weighted by molar-refractivity contribution is 0.719. The molecule has 0 aliphatic carbocycles. The summed E-state index contributed by atoms with van der Waals surface area (Å²) < 4.78 is 3.80. The number of halogens is 1. The summed E-state index contributed by atoms with van der Waals surface area (Å²) in [6, 6.07) is 7.75. The first-order valence-corrected chi connectivity index (χ1v) is 6.90. The number of aromatic nitrogens is 4. The van der Waals surface area contributed by atoms with E-state index in [0.29, 0.717) is 12.5 Å². The molecule has 104 valence electrons. The van der Waals surface area contributed by atoms with Crippen LogP contribution in [0.1, 0.15) is 18.2 Å². The summed E-state index contributed by atoms with van der Waals surface area (Å²) in [6.07, 6.45) is 0.838. The van der Waals surface area contributed by atoms with E-state index in [-0.39, 0.29) is 0 Å². The molecule has 0 aliphatic rings. The van der Waals surface area contributed by atoms with Crippen LogP contribution in [0.15, 0.2) is 24.3 Å². The van der Waals surface area contributed by atoms with E-state index < -0.39 is 0 Å². The average Bonchev–Trinajstić information content (AvgIpc) is 2.88. The molecule has 0 atom stereocenters. The molecule has 1 aromatic carbocycles. The van der Waals surface area contributed by atoms with Crippen LogP contribution in [0.5, 0.6) is 0 Å². The van der Waals surface area contributed by atoms with Crippen molar-refractivity contribution in [3.8, 4) is 0 Å². The zero-order valence-corrected chi connectivity index (χ0v) is 12.2. The number of anilines is 1. The van der Waals surface area contributed by atoms with Gasteiger partial charge in [0, 0.05) is 12.1 Å². The zero-order chi connectivity index (χ0) is 14.3. The highest BCUT2D eigenvalue weighted by Gasteiger charge is 2.17. The number of fused-ring (bicyclic) bond motifs is 1. The molecule has 3 aromatic rings. The van der Waals surface area contributed by atoms with E-state index >= 15 is 0 Å². The summed E-state index contributed by atoms with van der Waals surface area (Å²) in [4.78, 5) is 4.45. The lowest BCUT2D eigenvalue weighted by Gasteiger charge is -2.07. The van der Waals surface area contributed by atoms with Gasteiger partial charge in [-0.15, -0.1) is 0 Å². The molecule has 0 aliphatic heterocycles. The van der Waals surface area contributed by atoms with Gasteiger partial charge < -0.3 is 5.73 Å². The Morgan fingerprint density at radius 2 is 2.15 bits per heavy atom. The van der Waals surface area contributed by atoms with Crippen molar-refractivity contribution in [3.05, 3.63) is 40.5 Å². The highest BCUT2D eigenvalue weighted by molar-refractivity contribution is 6.30. The van der Waals surface area contributed by atoms with E-state index in [9.17, 15) is 0 Å². The van der Waals surface area contributed by atoms with Crippen LogP contribution < -0.4 is 5.73 Å². The molecule has 0 bridgehead atoms. The lowest BCUT2D eigenvalue weighted by Crippen LogP contribution is -2.08. The molecule has 5 nitrogen and oxygen atoms in total. The smallest absolute Gasteiger partial charge is 0.202 e. The van der Waals surface area contributed by atoms with Crippen LogP contribution in [0.2, 0.25) is 5.02 Å². The van der Waals surface area contributed by atoms with Crippen molar-refractivity contribution in [3.63, 3.8) is 0 Å². The summed E-state index contributed by atoms with van der Waals surface area (Å²) in [5, 5.41) is 5.20. The maximum Gasteiger partial charge on any atom is 0.202 e. The van der Waals surface area contributed by atoms with E-state index in [0.717, 1.165) is 33.9 Å². The lowest BCUT2D eigenvalue weighted by atomic mass is 10.2. The minimum atomic E-state index is 0.502. The monoisotopic (exact) mass is 289 g/mol. The Hall–Kier alpha value is -2.01. The van der Waals surface area contributed by atoms with Gasteiger partial charge in [-0.05, 0) is 24.1 Å². The van der Waals surface area contributed by atoms with Crippen LogP contribution in [0.3, 0.4) is 0 Å². The van der Waals surface area contributed by atoms with Crippen LogP contribution in [0.25, 0.3) is 11.2 Å². The molecule has 0 radical (unpaired) electrons. The second kappa shape index (κ2) is 4.83. The Bertz CT molecular complexity index is 771. The van der Waals surface area contributed by atoms with Gasteiger partial charge in [-0.25, -0.2) is 4.98 Å². The van der Waals surface area contributed by atoms with Crippen molar-refractivity contribution >= 4 is 28.7 Å². The Balaban J connectivity index is 2.11. The molecular formula is C14H16ClN5. The van der Waals surface area contributed by atoms with Gasteiger partial charge in [-0.3, -0.25) is 9.25 Å². The van der Waals surface area contributed by atoms with Crippen molar-refractivity contribution in [2.24, 2.45) is 7.05 Å². The second-order valence-electron chi connectivity index (χ2n) is 4.78. The van der Waals surface area contributed by atoms with Crippen molar-refractivity contribution in [1.82, 2.24) is 19.3 Å². The quantitative estimate of drug-likeness (QED) is 0.806. The van der Waals surface area contributed by atoms with Gasteiger partial charge in [-0.1, -0.05) is 30.7 Å². The molecule has 0 spiro atoms. The molecule has 2 aromatic heterocycles. The third kappa shape index (κ3) is 2.04. The number of benzene rings is 1. The number of hydrogen-bond acceptors (Lipinski definition) is 3. The van der Waals surface area contributed by atoms with E-state index in [2.05, 4.69) is 17.0 Å². The van der Waals surface area contributed by atoms with Gasteiger partial charge >= 0.3 is 0 Å². The summed E-state index contributed by atoms with van der Waals surface area (Å²) in [7, 11) is 1.91. The summed E-state index contributed by atoms with van der Waals surface area (Å²) in [5.74, 6) is 0.502. The Kier molecular flexibility index (Phi) is 3.14. The third-order valence-electron chi connectivity index (χ3n) is 3.39. The highest BCUT2D eigenvalue weighted by Crippen LogP contribution is 2.23. The first kappa shape index (κ1) is 13.0. The molecule has 6 heteroatoms. The summed E-state index contributed by atoms with van der Waals surface area (Å²) in [5.41, 5.74) is 9.94. The fourth-order valence-corrected chi connectivity index (χ4v) is 2.68. The number of aryl methyl sites for hydroxylation is 2. The molecular weight excluding hydrogens is 274 g/mol. The predicted octanol–water partition coefficient (Wildman–Crippen LogP) is 2.62. The molecule has 2 heterocycles. The van der Waals surface area contributed by atoms with Crippen LogP contribution in [-0.2, 0) is 20.0 Å². The normalized spacial score (nSPS) is 11.3. The van der Waals surface area contributed by atoms with Gasteiger partial charge in [0.15, 0.2) is 5.65 Å². The number of rotatable bonds is 3. The predicted molar refractivity (Wildman–Crippen MR) is 80.8 cm³/mol. The van der Waals surface area contributed by atoms with Crippen LogP contribution in [0, 0.1) is 0 Å². The number of nitrogens with two attached hydrogens (primary N) is 1. The fourth-order valence-electron chi connectivity index (χ4n) is 2.47. The van der Waals surface area contributed by atoms with Crippen molar-refractivity contribution in [2.75, 3.05) is 5.73 Å². The molecule has 0 saturated carbocycles. The maximum atomic E-state index is 6.05. The average molecular weight is 290 g/mol. The first-order chi connectivity index (χ1) is 9.60. The molecule has 20 heavy (non-hydrogen) atoms. The summed E-state index contributed by atoms with van der Waals surface area (Å²) >= 11 is 6.03. The standard InChI is InChI=1S/C14H16ClN5/c1-3-11-12-13(19(2)18-11)20(14(16)17-12)8-9-5-4-6-10(15)7-9/h4-7H,3,8H2,1-2H3,(H2,16,17). The molecule has 2 N–H and O–H groups in total. The SMILES string of the molecule is CCc1nn(C)c2c1nc(N)n2Cc1cccc(Cl)c1. The van der Waals surface area contributed by atoms with Crippen LogP contribution >= 0.6 is 11.6 Å². The van der Waals surface area contributed by atoms with Crippen LogP contribution in [0.4, 0.5) is 5.95 Å². The molecule has 0 amide bonds. The largest absolute Gasteiger partial charge is 0.369 e. The van der Waals surface area contributed by atoms with Gasteiger partial charge in [0.2, 0.25) is 5.95 Å². The topological polar surface area (TPSA) is 61.7 Å². The van der Waals surface area contributed by atoms with Crippen molar-refractivity contribution < 1.29 is 0 Å². The minimum absolute atomic E-state index is 0.502. The first-order valence-electron chi connectivity index (χ1n) is 6.52. The van der Waals surface area contributed by atoms with Gasteiger partial charge in [-0.2, -0.15) is 5.10 Å². The number of nitrogen functional groups attached to an aromatic ring is 1. The Labute approximate surface area is 122 Å². The van der Waals surface area contributed by atoms with E-state index in [4.69, 9.17) is 17.3 Å².